The molecule has 3 heterocycles. The first-order valence-corrected chi connectivity index (χ1v) is 13.8. The lowest BCUT2D eigenvalue weighted by atomic mass is 9.95. The average molecular weight is 577 g/mol. The normalized spacial score (nSPS) is 21.1. The lowest BCUT2D eigenvalue weighted by Crippen LogP contribution is -2.44. The molecule has 0 saturated carbocycles. The summed E-state index contributed by atoms with van der Waals surface area (Å²) in [4.78, 5) is 41.3. The van der Waals surface area contributed by atoms with Gasteiger partial charge in [0.1, 0.15) is 18.1 Å². The number of methoxy groups -OCH3 is 1. The van der Waals surface area contributed by atoms with Crippen LogP contribution in [0.1, 0.15) is 23.6 Å². The lowest BCUT2D eigenvalue weighted by molar-refractivity contribution is -0.135. The summed E-state index contributed by atoms with van der Waals surface area (Å²) < 4.78 is 19.2. The number of hydrogen-bond acceptors (Lipinski definition) is 8. The van der Waals surface area contributed by atoms with Crippen LogP contribution < -0.4 is 9.64 Å². The molecule has 7 rings (SSSR count). The van der Waals surface area contributed by atoms with E-state index in [2.05, 4.69) is 10.3 Å². The van der Waals surface area contributed by atoms with Gasteiger partial charge in [-0.1, -0.05) is 65.9 Å². The largest absolute Gasteiger partial charge is 0.497 e. The van der Waals surface area contributed by atoms with Crippen LogP contribution in [0.4, 0.5) is 10.1 Å². The van der Waals surface area contributed by atoms with Crippen molar-refractivity contribution in [3.05, 3.63) is 108 Å². The van der Waals surface area contributed by atoms with Crippen LogP contribution in [0.25, 0.3) is 10.8 Å². The van der Waals surface area contributed by atoms with E-state index in [4.69, 9.17) is 9.84 Å². The molecule has 3 amide bonds. The Labute approximate surface area is 245 Å². The van der Waals surface area contributed by atoms with Crippen LogP contribution in [0.2, 0.25) is 0 Å². The molecule has 3 atom stereocenters. The molecule has 0 spiro atoms. The van der Waals surface area contributed by atoms with E-state index in [1.165, 1.54) is 28.2 Å². The Bertz CT molecular complexity index is 1840. The van der Waals surface area contributed by atoms with Gasteiger partial charge in [0, 0.05) is 12.0 Å². The van der Waals surface area contributed by atoms with E-state index in [1.807, 2.05) is 66.7 Å². The second kappa shape index (κ2) is 10.4. The van der Waals surface area contributed by atoms with Crippen molar-refractivity contribution >= 4 is 39.9 Å². The van der Waals surface area contributed by atoms with Gasteiger partial charge in [0.05, 0.1) is 24.6 Å². The third-order valence-electron chi connectivity index (χ3n) is 7.99. The summed E-state index contributed by atoms with van der Waals surface area (Å²) in [5.74, 6) is -1.55. The first-order chi connectivity index (χ1) is 20.9. The van der Waals surface area contributed by atoms with E-state index in [9.17, 15) is 18.8 Å². The maximum atomic E-state index is 13.9. The summed E-state index contributed by atoms with van der Waals surface area (Å²) in [6.45, 7) is -0.334. The van der Waals surface area contributed by atoms with Crippen molar-refractivity contribution in [2.45, 2.75) is 24.5 Å². The standard InChI is InChI=1S/C32H25FN6O4/c1-43-23-14-12-20(13-15-23)27-17-26(25-11-4-7-19-6-2-3-10-24(19)25)35-39(27)28(40)18-37-30-29(34-36-37)31(41)38(32(30)42)22-9-5-8-21(33)16-22/h2-16,27,29-30H,17-18H2,1H3/t27-,29+,30+/m0/s1. The zero-order valence-corrected chi connectivity index (χ0v) is 23.0. The maximum Gasteiger partial charge on any atom is 0.264 e. The smallest absolute Gasteiger partial charge is 0.264 e. The number of hydrazone groups is 1. The molecule has 214 valence electrons. The molecule has 3 aliphatic rings. The number of carbonyl (C=O) groups is 3. The van der Waals surface area contributed by atoms with Gasteiger partial charge < -0.3 is 4.74 Å². The monoisotopic (exact) mass is 576 g/mol. The molecule has 4 aromatic rings. The van der Waals surface area contributed by atoms with Crippen molar-refractivity contribution in [2.75, 3.05) is 18.6 Å². The first kappa shape index (κ1) is 26.4. The highest BCUT2D eigenvalue weighted by molar-refractivity contribution is 6.25. The number of rotatable bonds is 6. The minimum absolute atomic E-state index is 0.106. The number of ether oxygens (including phenoxy) is 1. The molecule has 43 heavy (non-hydrogen) atoms. The van der Waals surface area contributed by atoms with Crippen molar-refractivity contribution in [1.82, 2.24) is 10.0 Å². The molecule has 0 bridgehead atoms. The molecular weight excluding hydrogens is 551 g/mol. The van der Waals surface area contributed by atoms with Crippen molar-refractivity contribution < 1.29 is 23.5 Å². The van der Waals surface area contributed by atoms with Crippen LogP contribution in [-0.4, -0.2) is 59.2 Å². The molecule has 0 unspecified atom stereocenters. The van der Waals surface area contributed by atoms with Crippen molar-refractivity contribution in [1.29, 1.82) is 0 Å². The van der Waals surface area contributed by atoms with Crippen LogP contribution in [0.3, 0.4) is 0 Å². The summed E-state index contributed by atoms with van der Waals surface area (Å²) in [6.07, 6.45) is 0.463. The zero-order valence-electron chi connectivity index (χ0n) is 23.0. The number of fused-ring (bicyclic) bond motifs is 2. The van der Waals surface area contributed by atoms with Crippen LogP contribution >= 0.6 is 0 Å². The van der Waals surface area contributed by atoms with Crippen molar-refractivity contribution in [2.24, 2.45) is 15.4 Å². The van der Waals surface area contributed by atoms with Crippen LogP contribution in [0.15, 0.2) is 106 Å². The van der Waals surface area contributed by atoms with Gasteiger partial charge >= 0.3 is 0 Å². The molecule has 0 aromatic heterocycles. The summed E-state index contributed by atoms with van der Waals surface area (Å²) in [7, 11) is 1.59. The fourth-order valence-electron chi connectivity index (χ4n) is 5.90. The molecule has 1 saturated heterocycles. The first-order valence-electron chi connectivity index (χ1n) is 13.8. The molecule has 4 aromatic carbocycles. The molecule has 10 nitrogen and oxygen atoms in total. The third kappa shape index (κ3) is 4.49. The van der Waals surface area contributed by atoms with Gasteiger partial charge in [-0.2, -0.15) is 10.2 Å². The van der Waals surface area contributed by atoms with E-state index in [1.54, 1.807) is 7.11 Å². The Kier molecular flexibility index (Phi) is 6.42. The van der Waals surface area contributed by atoms with Gasteiger partial charge in [0.15, 0.2) is 12.1 Å². The van der Waals surface area contributed by atoms with E-state index in [-0.39, 0.29) is 12.2 Å². The van der Waals surface area contributed by atoms with Gasteiger partial charge in [-0.25, -0.2) is 14.3 Å². The van der Waals surface area contributed by atoms with Crippen LogP contribution in [0.5, 0.6) is 5.75 Å². The number of carbonyl (C=O) groups excluding carboxylic acids is 3. The molecule has 11 heteroatoms. The number of hydrogen-bond donors (Lipinski definition) is 0. The molecule has 0 N–H and O–H groups in total. The van der Waals surface area contributed by atoms with Crippen molar-refractivity contribution in [3.63, 3.8) is 0 Å². The number of anilines is 1. The van der Waals surface area contributed by atoms with Gasteiger partial charge in [-0.05, 0) is 46.7 Å². The highest BCUT2D eigenvalue weighted by Gasteiger charge is 2.55. The fourth-order valence-corrected chi connectivity index (χ4v) is 5.90. The number of imide groups is 1. The third-order valence-corrected chi connectivity index (χ3v) is 7.99. The number of amides is 3. The zero-order chi connectivity index (χ0) is 29.7. The second-order valence-corrected chi connectivity index (χ2v) is 10.5. The Hall–Kier alpha value is -5.45. The van der Waals surface area contributed by atoms with Gasteiger partial charge in [0.2, 0.25) is 0 Å². The van der Waals surface area contributed by atoms with E-state index in [0.717, 1.165) is 38.6 Å². The number of nitrogens with zero attached hydrogens (tertiary/aromatic N) is 6. The van der Waals surface area contributed by atoms with E-state index < -0.39 is 41.7 Å². The SMILES string of the molecule is COc1ccc([C@@H]2CC(c3cccc4ccccc34)=NN2C(=O)CN2N=N[C@H]3C(=O)N(c4cccc(F)c4)C(=O)[C@@H]32)cc1. The molecule has 0 radical (unpaired) electrons. The van der Waals surface area contributed by atoms with Gasteiger partial charge in [-0.3, -0.25) is 19.4 Å². The summed E-state index contributed by atoms with van der Waals surface area (Å²) >= 11 is 0. The van der Waals surface area contributed by atoms with Gasteiger partial charge in [-0.15, -0.1) is 0 Å². The quantitative estimate of drug-likeness (QED) is 0.311. The maximum absolute atomic E-state index is 13.9. The summed E-state index contributed by atoms with van der Waals surface area (Å²) in [6, 6.07) is 24.0. The number of benzene rings is 4. The highest BCUT2D eigenvalue weighted by atomic mass is 19.1. The Morgan fingerprint density at radius 2 is 1.72 bits per heavy atom. The Morgan fingerprint density at radius 3 is 2.51 bits per heavy atom. The van der Waals surface area contributed by atoms with E-state index in [0.29, 0.717) is 12.2 Å². The van der Waals surface area contributed by atoms with Gasteiger partial charge in [0.25, 0.3) is 17.7 Å². The summed E-state index contributed by atoms with van der Waals surface area (Å²) in [5, 5.41) is 17.6. The van der Waals surface area contributed by atoms with Crippen LogP contribution in [0, 0.1) is 5.82 Å². The predicted octanol–water partition coefficient (Wildman–Crippen LogP) is 4.66. The average Bonchev–Trinajstić information content (AvgIpc) is 3.72. The molecule has 3 aliphatic heterocycles. The Morgan fingerprint density at radius 1 is 0.953 bits per heavy atom. The van der Waals surface area contributed by atoms with E-state index >= 15 is 0 Å². The minimum Gasteiger partial charge on any atom is -0.497 e. The summed E-state index contributed by atoms with van der Waals surface area (Å²) in [5.41, 5.74) is 2.64. The van der Waals surface area contributed by atoms with Crippen molar-refractivity contribution in [3.8, 4) is 5.75 Å². The minimum atomic E-state index is -1.12. The Balaban J connectivity index is 1.19. The lowest BCUT2D eigenvalue weighted by Gasteiger charge is -2.25. The molecular formula is C32H25FN6O4. The highest BCUT2D eigenvalue weighted by Crippen LogP contribution is 2.37. The second-order valence-electron chi connectivity index (χ2n) is 10.5. The van der Waals surface area contributed by atoms with Crippen LogP contribution in [-0.2, 0) is 14.4 Å². The predicted molar refractivity (Wildman–Crippen MR) is 156 cm³/mol. The molecule has 1 fully saturated rings. The molecule has 0 aliphatic carbocycles. The number of halogens is 1. The fraction of sp³-hybridized carbons (Fsp3) is 0.188. The topological polar surface area (TPSA) is 107 Å².